The standard InChI is InChI=1S/C12H15N5OS.ClH/c1-7(2)6-10-16-17-12(19-10)15-11(18)8-4-3-5-9(13)14-8;/h3-5,7H,6H2,1-2H3,(H2,13,14)(H,15,17,18);1H. The van der Waals surface area contributed by atoms with Crippen LogP contribution in [0.1, 0.15) is 29.3 Å². The number of rotatable bonds is 4. The Labute approximate surface area is 127 Å². The highest BCUT2D eigenvalue weighted by molar-refractivity contribution is 7.15. The minimum absolute atomic E-state index is 0. The van der Waals surface area contributed by atoms with Gasteiger partial charge in [-0.3, -0.25) is 10.1 Å². The van der Waals surface area contributed by atoms with Crippen LogP contribution in [0.2, 0.25) is 0 Å². The zero-order valence-electron chi connectivity index (χ0n) is 11.2. The third kappa shape index (κ3) is 4.43. The molecule has 2 rings (SSSR count). The van der Waals surface area contributed by atoms with Crippen molar-refractivity contribution in [3.8, 4) is 0 Å². The number of amides is 1. The van der Waals surface area contributed by atoms with Crippen molar-refractivity contribution in [3.63, 3.8) is 0 Å². The lowest BCUT2D eigenvalue weighted by Gasteiger charge is -2.01. The van der Waals surface area contributed by atoms with Gasteiger partial charge in [0.1, 0.15) is 16.5 Å². The predicted molar refractivity (Wildman–Crippen MR) is 82.3 cm³/mol. The van der Waals surface area contributed by atoms with E-state index in [1.54, 1.807) is 18.2 Å². The SMILES string of the molecule is CC(C)Cc1nnc(NC(=O)c2cccc(N)n2)s1.Cl. The molecule has 108 valence electrons. The van der Waals surface area contributed by atoms with E-state index >= 15 is 0 Å². The maximum Gasteiger partial charge on any atom is 0.276 e. The van der Waals surface area contributed by atoms with Crippen molar-refractivity contribution in [3.05, 3.63) is 28.9 Å². The number of nitrogens with one attached hydrogen (secondary N) is 1. The molecule has 0 atom stereocenters. The molecule has 0 fully saturated rings. The maximum absolute atomic E-state index is 11.9. The van der Waals surface area contributed by atoms with Crippen LogP contribution in [0.15, 0.2) is 18.2 Å². The lowest BCUT2D eigenvalue weighted by Crippen LogP contribution is -2.14. The Balaban J connectivity index is 0.00000200. The Morgan fingerprint density at radius 1 is 1.40 bits per heavy atom. The Morgan fingerprint density at radius 3 is 2.80 bits per heavy atom. The van der Waals surface area contributed by atoms with Crippen molar-refractivity contribution in [2.75, 3.05) is 11.1 Å². The van der Waals surface area contributed by atoms with E-state index in [-0.39, 0.29) is 24.0 Å². The number of hydrogen-bond acceptors (Lipinski definition) is 6. The highest BCUT2D eigenvalue weighted by atomic mass is 35.5. The van der Waals surface area contributed by atoms with Crippen molar-refractivity contribution in [1.82, 2.24) is 15.2 Å². The summed E-state index contributed by atoms with van der Waals surface area (Å²) in [5, 5.41) is 12.0. The summed E-state index contributed by atoms with van der Waals surface area (Å²) in [6, 6.07) is 4.91. The van der Waals surface area contributed by atoms with Crippen molar-refractivity contribution in [2.24, 2.45) is 5.92 Å². The van der Waals surface area contributed by atoms with Crippen LogP contribution >= 0.6 is 23.7 Å². The molecule has 0 aromatic carbocycles. The number of anilines is 2. The van der Waals surface area contributed by atoms with Crippen LogP contribution in [0.3, 0.4) is 0 Å². The maximum atomic E-state index is 11.9. The molecule has 20 heavy (non-hydrogen) atoms. The number of aromatic nitrogens is 3. The van der Waals surface area contributed by atoms with Gasteiger partial charge >= 0.3 is 0 Å². The molecular formula is C12H16ClN5OS. The smallest absolute Gasteiger partial charge is 0.276 e. The number of nitrogens with zero attached hydrogens (tertiary/aromatic N) is 3. The first-order valence-electron chi connectivity index (χ1n) is 5.91. The van der Waals surface area contributed by atoms with Crippen molar-refractivity contribution in [2.45, 2.75) is 20.3 Å². The van der Waals surface area contributed by atoms with E-state index in [9.17, 15) is 4.79 Å². The normalized spacial score (nSPS) is 10.2. The summed E-state index contributed by atoms with van der Waals surface area (Å²) in [6.07, 6.45) is 0.851. The van der Waals surface area contributed by atoms with Gasteiger partial charge < -0.3 is 5.73 Å². The summed E-state index contributed by atoms with van der Waals surface area (Å²) in [5.74, 6) is 0.483. The lowest BCUT2D eigenvalue weighted by atomic mass is 10.1. The third-order valence-electron chi connectivity index (χ3n) is 2.27. The summed E-state index contributed by atoms with van der Waals surface area (Å²) >= 11 is 1.38. The monoisotopic (exact) mass is 313 g/mol. The number of carbonyl (C=O) groups is 1. The summed E-state index contributed by atoms with van der Waals surface area (Å²) in [7, 11) is 0. The molecule has 0 bridgehead atoms. The first kappa shape index (κ1) is 16.3. The lowest BCUT2D eigenvalue weighted by molar-refractivity contribution is 0.102. The second kappa shape index (κ2) is 7.16. The van der Waals surface area contributed by atoms with Crippen molar-refractivity contribution >= 4 is 40.6 Å². The fourth-order valence-electron chi connectivity index (χ4n) is 1.47. The van der Waals surface area contributed by atoms with Gasteiger partial charge in [-0.15, -0.1) is 22.6 Å². The highest BCUT2D eigenvalue weighted by Gasteiger charge is 2.12. The number of hydrogen-bond donors (Lipinski definition) is 2. The van der Waals surface area contributed by atoms with Crippen LogP contribution in [0.5, 0.6) is 0 Å². The largest absolute Gasteiger partial charge is 0.384 e. The molecule has 0 aliphatic rings. The molecule has 0 saturated heterocycles. The van der Waals surface area contributed by atoms with Gasteiger partial charge in [-0.25, -0.2) is 4.98 Å². The molecule has 0 saturated carbocycles. The predicted octanol–water partition coefficient (Wildman–Crippen LogP) is 2.39. The van der Waals surface area contributed by atoms with Gasteiger partial charge in [-0.05, 0) is 18.1 Å². The van der Waals surface area contributed by atoms with Gasteiger partial charge in [0.2, 0.25) is 5.13 Å². The first-order valence-corrected chi connectivity index (χ1v) is 6.72. The van der Waals surface area contributed by atoms with Gasteiger partial charge in [-0.2, -0.15) is 0 Å². The van der Waals surface area contributed by atoms with E-state index < -0.39 is 0 Å². The van der Waals surface area contributed by atoms with Crippen LogP contribution in [0.4, 0.5) is 10.9 Å². The molecule has 0 aliphatic carbocycles. The van der Waals surface area contributed by atoms with Crippen LogP contribution in [-0.4, -0.2) is 21.1 Å². The van der Waals surface area contributed by atoms with Crippen LogP contribution in [0, 0.1) is 5.92 Å². The Kier molecular flexibility index (Phi) is 5.84. The van der Waals surface area contributed by atoms with E-state index in [0.29, 0.717) is 16.9 Å². The average Bonchev–Trinajstić information content (AvgIpc) is 2.75. The summed E-state index contributed by atoms with van der Waals surface area (Å²) in [5.41, 5.74) is 5.80. The zero-order chi connectivity index (χ0) is 13.8. The first-order chi connectivity index (χ1) is 9.04. The van der Waals surface area contributed by atoms with Crippen molar-refractivity contribution < 1.29 is 4.79 Å². The van der Waals surface area contributed by atoms with E-state index in [1.165, 1.54) is 11.3 Å². The molecule has 0 spiro atoms. The Morgan fingerprint density at radius 2 is 2.15 bits per heavy atom. The fourth-order valence-corrected chi connectivity index (χ4v) is 2.42. The number of nitrogen functional groups attached to an aromatic ring is 1. The summed E-state index contributed by atoms with van der Waals surface area (Å²) in [4.78, 5) is 15.9. The highest BCUT2D eigenvalue weighted by Crippen LogP contribution is 2.18. The number of pyridine rings is 1. The quantitative estimate of drug-likeness (QED) is 0.904. The Hall–Kier alpha value is -1.73. The molecule has 3 N–H and O–H groups in total. The van der Waals surface area contributed by atoms with Crippen LogP contribution in [-0.2, 0) is 6.42 Å². The molecule has 1 amide bonds. The summed E-state index contributed by atoms with van der Waals surface area (Å²) in [6.45, 7) is 4.21. The van der Waals surface area contributed by atoms with Gasteiger partial charge in [0.05, 0.1) is 0 Å². The Bertz CT molecular complexity index is 587. The van der Waals surface area contributed by atoms with Gasteiger partial charge in [0, 0.05) is 6.42 Å². The van der Waals surface area contributed by atoms with Crippen molar-refractivity contribution in [1.29, 1.82) is 0 Å². The van der Waals surface area contributed by atoms with E-state index in [1.807, 2.05) is 0 Å². The van der Waals surface area contributed by atoms with E-state index in [0.717, 1.165) is 11.4 Å². The van der Waals surface area contributed by atoms with E-state index in [2.05, 4.69) is 34.3 Å². The average molecular weight is 314 g/mol. The number of halogens is 1. The molecule has 2 aromatic heterocycles. The zero-order valence-corrected chi connectivity index (χ0v) is 12.8. The number of carbonyl (C=O) groups excluding carboxylic acids is 1. The number of nitrogens with two attached hydrogens (primary N) is 1. The van der Waals surface area contributed by atoms with Gasteiger partial charge in [0.25, 0.3) is 5.91 Å². The van der Waals surface area contributed by atoms with Gasteiger partial charge in [0.15, 0.2) is 0 Å². The minimum Gasteiger partial charge on any atom is -0.384 e. The fraction of sp³-hybridized carbons (Fsp3) is 0.333. The molecule has 8 heteroatoms. The molecule has 0 radical (unpaired) electrons. The molecule has 0 unspecified atom stereocenters. The van der Waals surface area contributed by atoms with Gasteiger partial charge in [-0.1, -0.05) is 31.3 Å². The molecule has 6 nitrogen and oxygen atoms in total. The third-order valence-corrected chi connectivity index (χ3v) is 3.13. The molecule has 0 aliphatic heterocycles. The molecule has 2 aromatic rings. The second-order valence-electron chi connectivity index (χ2n) is 4.50. The summed E-state index contributed by atoms with van der Waals surface area (Å²) < 4.78 is 0. The second-order valence-corrected chi connectivity index (χ2v) is 5.56. The minimum atomic E-state index is -0.334. The molecular weight excluding hydrogens is 298 g/mol. The topological polar surface area (TPSA) is 93.8 Å². The van der Waals surface area contributed by atoms with E-state index in [4.69, 9.17) is 5.73 Å². The molecule has 2 heterocycles. The van der Waals surface area contributed by atoms with Crippen LogP contribution in [0.25, 0.3) is 0 Å². The van der Waals surface area contributed by atoms with Crippen LogP contribution < -0.4 is 11.1 Å².